The third kappa shape index (κ3) is 3.88. The summed E-state index contributed by atoms with van der Waals surface area (Å²) in [6, 6.07) is 13.7. The summed E-state index contributed by atoms with van der Waals surface area (Å²) in [6.45, 7) is 2.35. The predicted octanol–water partition coefficient (Wildman–Crippen LogP) is 2.56. The number of carbonyl (C=O) groups is 1. The van der Waals surface area contributed by atoms with Gasteiger partial charge in [-0.2, -0.15) is 0 Å². The first-order valence-electron chi connectivity index (χ1n) is 8.10. The van der Waals surface area contributed by atoms with Gasteiger partial charge in [-0.3, -0.25) is 14.9 Å². The molecule has 1 amide bonds. The van der Waals surface area contributed by atoms with E-state index in [1.54, 1.807) is 0 Å². The summed E-state index contributed by atoms with van der Waals surface area (Å²) in [6.07, 6.45) is 0.987. The van der Waals surface area contributed by atoms with Crippen LogP contribution in [0.5, 0.6) is 5.75 Å². The molecule has 0 bridgehead atoms. The number of nitro groups is 1. The minimum atomic E-state index is -0.687. The molecule has 1 saturated heterocycles. The summed E-state index contributed by atoms with van der Waals surface area (Å²) in [5.74, 6) is -0.507. The number of nitro benzene ring substituents is 1. The number of phenolic OH excluding ortho intramolecular Hbond substituents is 1. The Morgan fingerprint density at radius 1 is 1.28 bits per heavy atom. The van der Waals surface area contributed by atoms with E-state index < -0.39 is 16.4 Å². The fraction of sp³-hybridized carbons (Fsp3) is 0.278. The van der Waals surface area contributed by atoms with Gasteiger partial charge < -0.3 is 15.3 Å². The number of nitrogens with one attached hydrogen (secondary N) is 1. The molecule has 0 aliphatic carbocycles. The van der Waals surface area contributed by atoms with Gasteiger partial charge in [0.05, 0.1) is 4.92 Å². The van der Waals surface area contributed by atoms with Gasteiger partial charge >= 0.3 is 5.69 Å². The number of nitrogens with zero attached hydrogens (tertiary/aromatic N) is 2. The van der Waals surface area contributed by atoms with Crippen LogP contribution in [0.1, 0.15) is 16.8 Å². The van der Waals surface area contributed by atoms with E-state index in [1.165, 1.54) is 11.8 Å². The van der Waals surface area contributed by atoms with Gasteiger partial charge in [0.2, 0.25) is 0 Å². The summed E-state index contributed by atoms with van der Waals surface area (Å²) in [5.41, 5.74) is 0.975. The van der Waals surface area contributed by atoms with Crippen LogP contribution in [0.4, 0.5) is 11.4 Å². The van der Waals surface area contributed by atoms with Gasteiger partial charge in [0.1, 0.15) is 0 Å². The molecule has 0 unspecified atom stereocenters. The molecule has 1 aliphatic rings. The lowest BCUT2D eigenvalue weighted by atomic mass is 10.1. The van der Waals surface area contributed by atoms with E-state index >= 15 is 0 Å². The van der Waals surface area contributed by atoms with Crippen molar-refractivity contribution in [3.8, 4) is 5.75 Å². The molecule has 1 fully saturated rings. The highest BCUT2D eigenvalue weighted by molar-refractivity contribution is 5.95. The van der Waals surface area contributed by atoms with Crippen molar-refractivity contribution >= 4 is 17.3 Å². The zero-order valence-electron chi connectivity index (χ0n) is 13.6. The summed E-state index contributed by atoms with van der Waals surface area (Å²) >= 11 is 0. The van der Waals surface area contributed by atoms with Crippen molar-refractivity contribution in [2.75, 3.05) is 24.5 Å². The second-order valence-corrected chi connectivity index (χ2v) is 6.11. The van der Waals surface area contributed by atoms with Crippen molar-refractivity contribution in [2.24, 2.45) is 5.92 Å². The first-order chi connectivity index (χ1) is 12.0. The van der Waals surface area contributed by atoms with E-state index in [0.717, 1.165) is 31.6 Å². The molecular weight excluding hydrogens is 322 g/mol. The topological polar surface area (TPSA) is 95.7 Å². The first-order valence-corrected chi connectivity index (χ1v) is 8.10. The van der Waals surface area contributed by atoms with Crippen LogP contribution in [0.15, 0.2) is 48.5 Å². The van der Waals surface area contributed by atoms with Crippen LogP contribution >= 0.6 is 0 Å². The average molecular weight is 341 g/mol. The Bertz CT molecular complexity index is 779. The minimum absolute atomic E-state index is 0.209. The number of phenols is 1. The monoisotopic (exact) mass is 341 g/mol. The maximum absolute atomic E-state index is 12.2. The van der Waals surface area contributed by atoms with Gasteiger partial charge in [0, 0.05) is 37.0 Å². The van der Waals surface area contributed by atoms with Crippen molar-refractivity contribution in [3.63, 3.8) is 0 Å². The van der Waals surface area contributed by atoms with Gasteiger partial charge in [0.15, 0.2) is 5.75 Å². The lowest BCUT2D eigenvalue weighted by Crippen LogP contribution is -2.31. The summed E-state index contributed by atoms with van der Waals surface area (Å²) in [4.78, 5) is 24.5. The van der Waals surface area contributed by atoms with Crippen LogP contribution in [-0.4, -0.2) is 35.6 Å². The molecule has 25 heavy (non-hydrogen) atoms. The highest BCUT2D eigenvalue weighted by Crippen LogP contribution is 2.26. The first kappa shape index (κ1) is 16.8. The Kier molecular flexibility index (Phi) is 4.83. The molecular formula is C18H19N3O4. The summed E-state index contributed by atoms with van der Waals surface area (Å²) in [5, 5.41) is 23.2. The lowest BCUT2D eigenvalue weighted by molar-refractivity contribution is -0.385. The number of anilines is 1. The largest absolute Gasteiger partial charge is 0.502 e. The quantitative estimate of drug-likeness (QED) is 0.644. The van der Waals surface area contributed by atoms with Gasteiger partial charge in [0.25, 0.3) is 5.91 Å². The van der Waals surface area contributed by atoms with E-state index in [2.05, 4.69) is 22.3 Å². The number of aromatic hydroxyl groups is 1. The Balaban J connectivity index is 1.55. The fourth-order valence-corrected chi connectivity index (χ4v) is 3.03. The van der Waals surface area contributed by atoms with E-state index in [9.17, 15) is 20.0 Å². The van der Waals surface area contributed by atoms with Crippen LogP contribution in [0.3, 0.4) is 0 Å². The van der Waals surface area contributed by atoms with Crippen molar-refractivity contribution in [2.45, 2.75) is 6.42 Å². The molecule has 7 heteroatoms. The second-order valence-electron chi connectivity index (χ2n) is 6.11. The third-order valence-electron chi connectivity index (χ3n) is 4.39. The predicted molar refractivity (Wildman–Crippen MR) is 93.9 cm³/mol. The molecule has 2 aromatic carbocycles. The number of rotatable bonds is 5. The lowest BCUT2D eigenvalue weighted by Gasteiger charge is -2.18. The maximum Gasteiger partial charge on any atom is 0.310 e. The molecule has 2 aromatic rings. The van der Waals surface area contributed by atoms with Gasteiger partial charge in [-0.1, -0.05) is 18.2 Å². The SMILES string of the molecule is O=C(NC[C@@H]1CCN(c2ccccc2)C1)c1ccc([N+](=O)[O-])c(O)c1. The van der Waals surface area contributed by atoms with E-state index in [0.29, 0.717) is 12.5 Å². The normalized spacial score (nSPS) is 16.6. The smallest absolute Gasteiger partial charge is 0.310 e. The molecule has 1 heterocycles. The number of benzene rings is 2. The highest BCUT2D eigenvalue weighted by atomic mass is 16.6. The van der Waals surface area contributed by atoms with Crippen LogP contribution in [0.25, 0.3) is 0 Å². The Labute approximate surface area is 145 Å². The second kappa shape index (κ2) is 7.21. The van der Waals surface area contributed by atoms with Gasteiger partial charge in [-0.05, 0) is 36.6 Å². The molecule has 3 rings (SSSR count). The van der Waals surface area contributed by atoms with Crippen molar-refractivity contribution in [1.82, 2.24) is 5.32 Å². The van der Waals surface area contributed by atoms with Crippen LogP contribution in [0, 0.1) is 16.0 Å². The molecule has 0 radical (unpaired) electrons. The number of hydrogen-bond donors (Lipinski definition) is 2. The Morgan fingerprint density at radius 2 is 2.04 bits per heavy atom. The van der Waals surface area contributed by atoms with Crippen LogP contribution in [-0.2, 0) is 0 Å². The van der Waals surface area contributed by atoms with E-state index in [1.807, 2.05) is 18.2 Å². The van der Waals surface area contributed by atoms with Crippen LogP contribution < -0.4 is 10.2 Å². The fourth-order valence-electron chi connectivity index (χ4n) is 3.03. The molecule has 1 aliphatic heterocycles. The number of para-hydroxylation sites is 1. The Morgan fingerprint density at radius 3 is 2.72 bits per heavy atom. The minimum Gasteiger partial charge on any atom is -0.502 e. The maximum atomic E-state index is 12.2. The zero-order valence-corrected chi connectivity index (χ0v) is 13.6. The number of hydrogen-bond acceptors (Lipinski definition) is 5. The van der Waals surface area contributed by atoms with Crippen molar-refractivity contribution in [1.29, 1.82) is 0 Å². The molecule has 130 valence electrons. The van der Waals surface area contributed by atoms with Gasteiger partial charge in [-0.25, -0.2) is 0 Å². The van der Waals surface area contributed by atoms with Crippen LogP contribution in [0.2, 0.25) is 0 Å². The van der Waals surface area contributed by atoms with Crippen molar-refractivity contribution < 1.29 is 14.8 Å². The van der Waals surface area contributed by atoms with E-state index in [-0.39, 0.29) is 11.5 Å². The Hall–Kier alpha value is -3.09. The number of amides is 1. The molecule has 2 N–H and O–H groups in total. The molecule has 1 atom stereocenters. The summed E-state index contributed by atoms with van der Waals surface area (Å²) in [7, 11) is 0. The standard InChI is InChI=1S/C18H19N3O4/c22-17-10-14(6-7-16(17)21(24)25)18(23)19-11-13-8-9-20(12-13)15-4-2-1-3-5-15/h1-7,10,13,22H,8-9,11-12H2,(H,19,23)/t13-/m0/s1. The molecule has 0 aromatic heterocycles. The molecule has 0 saturated carbocycles. The summed E-state index contributed by atoms with van der Waals surface area (Å²) < 4.78 is 0. The van der Waals surface area contributed by atoms with E-state index in [4.69, 9.17) is 0 Å². The average Bonchev–Trinajstić information content (AvgIpc) is 3.09. The van der Waals surface area contributed by atoms with Gasteiger partial charge in [-0.15, -0.1) is 0 Å². The molecule has 7 nitrogen and oxygen atoms in total. The van der Waals surface area contributed by atoms with Crippen molar-refractivity contribution in [3.05, 3.63) is 64.2 Å². The zero-order chi connectivity index (χ0) is 17.8. The highest BCUT2D eigenvalue weighted by Gasteiger charge is 2.23. The third-order valence-corrected chi connectivity index (χ3v) is 4.39. The molecule has 0 spiro atoms. The number of carbonyl (C=O) groups excluding carboxylic acids is 1.